The Labute approximate surface area is 389 Å². The normalized spacial score (nSPS) is 13.0. The summed E-state index contributed by atoms with van der Waals surface area (Å²) >= 11 is 0. The Balaban J connectivity index is 1.24. The van der Waals surface area contributed by atoms with E-state index in [1.54, 1.807) is 0 Å². The van der Waals surface area contributed by atoms with Crippen LogP contribution in [-0.2, 0) is 5.41 Å². The van der Waals surface area contributed by atoms with Crippen LogP contribution in [0.3, 0.4) is 0 Å². The van der Waals surface area contributed by atoms with Crippen molar-refractivity contribution in [2.24, 2.45) is 0 Å². The summed E-state index contributed by atoms with van der Waals surface area (Å²) in [5.41, 5.74) is 19.9. The van der Waals surface area contributed by atoms with E-state index in [2.05, 4.69) is 248 Å². The number of benzene rings is 10. The lowest BCUT2D eigenvalue weighted by molar-refractivity contribution is 0.652. The minimum absolute atomic E-state index is 0.725. The number of hydrogen-bond acceptors (Lipinski definition) is 3. The zero-order valence-corrected chi connectivity index (χ0v) is 38.9. The monoisotopic (exact) mass is 882 g/mol. The molecule has 1 heterocycles. The lowest BCUT2D eigenvalue weighted by Crippen LogP contribution is -2.26. The summed E-state index contributed by atoms with van der Waals surface area (Å²) < 4.78 is 7.46. The van der Waals surface area contributed by atoms with Crippen molar-refractivity contribution in [3.8, 4) is 22.3 Å². The zero-order chi connectivity index (χ0) is 44.3. The molecule has 5 heteroatoms. The van der Waals surface area contributed by atoms with Crippen molar-refractivity contribution in [1.29, 1.82) is 0 Å². The molecule has 0 N–H and O–H groups in total. The van der Waals surface area contributed by atoms with Crippen LogP contribution in [0.1, 0.15) is 33.4 Å². The minimum atomic E-state index is -0.725. The second-order valence-electron chi connectivity index (χ2n) is 17.9. The Bertz CT molecular complexity index is 3730. The van der Waals surface area contributed by atoms with Gasteiger partial charge in [-0.25, -0.2) is 0 Å². The van der Waals surface area contributed by atoms with Crippen LogP contribution in [0.4, 0.5) is 34.1 Å². The van der Waals surface area contributed by atoms with Crippen molar-refractivity contribution in [3.63, 3.8) is 0 Å². The number of furan rings is 1. The van der Waals surface area contributed by atoms with Crippen LogP contribution >= 0.6 is 18.5 Å². The first kappa shape index (κ1) is 39.1. The molecule has 2 aliphatic carbocycles. The molecule has 13 rings (SSSR count). The molecule has 2 atom stereocenters. The van der Waals surface area contributed by atoms with Gasteiger partial charge in [0.1, 0.15) is 11.2 Å². The molecule has 2 aliphatic rings. The Hall–Kier alpha value is -7.28. The standard InChI is InChI=1S/C61H44N2OP2/c1-37-25-29-39(30-26-37)62(41-13-11-15-43(65)33-41)54-36-53-57(48-20-4-3-19-47(48)54)50-35-55(63(40-31-27-38(2)28-32-40)42-14-12-16-44(66)34-42)58-49-21-7-10-24-56(49)64-60(58)59(50)61(53)51-22-8-5-17-45(51)46-18-6-9-23-52(46)61/h3-36H,65-66H2,1-2H3. The number of aryl methyl sites for hydroxylation is 2. The van der Waals surface area contributed by atoms with Gasteiger partial charge < -0.3 is 14.2 Å². The van der Waals surface area contributed by atoms with E-state index in [1.807, 2.05) is 0 Å². The summed E-state index contributed by atoms with van der Waals surface area (Å²) in [6.45, 7) is 4.31. The van der Waals surface area contributed by atoms with Crippen LogP contribution < -0.4 is 20.4 Å². The second kappa shape index (κ2) is 14.9. The highest BCUT2D eigenvalue weighted by atomic mass is 31.0. The molecule has 0 bridgehead atoms. The average molecular weight is 883 g/mol. The molecule has 0 fully saturated rings. The van der Waals surface area contributed by atoms with Gasteiger partial charge >= 0.3 is 0 Å². The first-order chi connectivity index (χ1) is 32.4. The quantitative estimate of drug-likeness (QED) is 0.155. The number of fused-ring (bicyclic) bond motifs is 16. The molecule has 2 unspecified atom stereocenters. The molecule has 0 radical (unpaired) electrons. The maximum Gasteiger partial charge on any atom is 0.142 e. The summed E-state index contributed by atoms with van der Waals surface area (Å²) in [4.78, 5) is 4.89. The van der Waals surface area contributed by atoms with Crippen molar-refractivity contribution in [1.82, 2.24) is 0 Å². The van der Waals surface area contributed by atoms with E-state index in [0.29, 0.717) is 0 Å². The second-order valence-corrected chi connectivity index (χ2v) is 19.2. The van der Waals surface area contributed by atoms with E-state index in [-0.39, 0.29) is 0 Å². The van der Waals surface area contributed by atoms with Crippen LogP contribution in [0, 0.1) is 13.8 Å². The van der Waals surface area contributed by atoms with Gasteiger partial charge in [-0.15, -0.1) is 18.5 Å². The van der Waals surface area contributed by atoms with E-state index in [0.717, 1.165) is 66.7 Å². The van der Waals surface area contributed by atoms with Crippen molar-refractivity contribution in [2.75, 3.05) is 9.80 Å². The highest BCUT2D eigenvalue weighted by Crippen LogP contribution is 2.67. The van der Waals surface area contributed by atoms with E-state index in [4.69, 9.17) is 4.42 Å². The first-order valence-electron chi connectivity index (χ1n) is 22.6. The molecule has 314 valence electrons. The Morgan fingerprint density at radius 3 is 1.52 bits per heavy atom. The average Bonchev–Trinajstić information content (AvgIpc) is 3.97. The Morgan fingerprint density at radius 2 is 0.924 bits per heavy atom. The number of anilines is 6. The predicted molar refractivity (Wildman–Crippen MR) is 285 cm³/mol. The fourth-order valence-electron chi connectivity index (χ4n) is 11.3. The smallest absolute Gasteiger partial charge is 0.142 e. The highest BCUT2D eigenvalue weighted by Gasteiger charge is 2.54. The summed E-state index contributed by atoms with van der Waals surface area (Å²) in [6, 6.07) is 76.2. The van der Waals surface area contributed by atoms with E-state index in [9.17, 15) is 0 Å². The number of hydrogen-bond donors (Lipinski definition) is 0. The Kier molecular flexibility index (Phi) is 8.82. The summed E-state index contributed by atoms with van der Waals surface area (Å²) in [7, 11) is 5.84. The largest absolute Gasteiger partial charge is 0.456 e. The molecule has 11 aromatic rings. The summed E-state index contributed by atoms with van der Waals surface area (Å²) in [5.74, 6) is 0. The van der Waals surface area contributed by atoms with Gasteiger partial charge in [0.15, 0.2) is 0 Å². The van der Waals surface area contributed by atoms with E-state index < -0.39 is 5.41 Å². The number of rotatable bonds is 6. The van der Waals surface area contributed by atoms with Crippen LogP contribution in [0.5, 0.6) is 0 Å². The number of nitrogens with zero attached hydrogens (tertiary/aromatic N) is 2. The third kappa shape index (κ3) is 5.64. The van der Waals surface area contributed by atoms with Crippen LogP contribution in [-0.4, -0.2) is 0 Å². The van der Waals surface area contributed by atoms with Gasteiger partial charge in [-0.2, -0.15) is 0 Å². The molecular weight excluding hydrogens is 839 g/mol. The van der Waals surface area contributed by atoms with Gasteiger partial charge in [0.2, 0.25) is 0 Å². The predicted octanol–water partition coefficient (Wildman–Crippen LogP) is 15.6. The van der Waals surface area contributed by atoms with Gasteiger partial charge in [-0.05, 0) is 136 Å². The van der Waals surface area contributed by atoms with Crippen molar-refractivity contribution in [2.45, 2.75) is 19.3 Å². The molecule has 0 saturated heterocycles. The van der Waals surface area contributed by atoms with Gasteiger partial charge in [-0.3, -0.25) is 0 Å². The van der Waals surface area contributed by atoms with Crippen LogP contribution in [0.15, 0.2) is 211 Å². The van der Waals surface area contributed by atoms with Crippen molar-refractivity contribution < 1.29 is 4.42 Å². The third-order valence-corrected chi connectivity index (χ3v) is 14.7. The topological polar surface area (TPSA) is 19.6 Å². The summed E-state index contributed by atoms with van der Waals surface area (Å²) in [5, 5.41) is 6.79. The van der Waals surface area contributed by atoms with Gasteiger partial charge in [0.25, 0.3) is 0 Å². The lowest BCUT2D eigenvalue weighted by atomic mass is 9.70. The maximum atomic E-state index is 7.46. The Morgan fingerprint density at radius 1 is 0.409 bits per heavy atom. The summed E-state index contributed by atoms with van der Waals surface area (Å²) in [6.07, 6.45) is 0. The van der Waals surface area contributed by atoms with Gasteiger partial charge in [0.05, 0.1) is 22.2 Å². The zero-order valence-electron chi connectivity index (χ0n) is 36.6. The molecule has 0 amide bonds. The number of para-hydroxylation sites is 1. The molecular formula is C61H44N2OP2. The fraction of sp³-hybridized carbons (Fsp3) is 0.0492. The van der Waals surface area contributed by atoms with Crippen molar-refractivity contribution >= 4 is 95.9 Å². The molecule has 0 aliphatic heterocycles. The van der Waals surface area contributed by atoms with E-state index >= 15 is 0 Å². The maximum absolute atomic E-state index is 7.46. The fourth-order valence-corrected chi connectivity index (χ4v) is 11.8. The third-order valence-electron chi connectivity index (χ3n) is 14.0. The van der Waals surface area contributed by atoms with E-state index in [1.165, 1.54) is 66.4 Å². The SMILES string of the molecule is Cc1ccc(N(c2cccc(P)c2)c2cc3c(c4ccccc24)-c2cc(N(c4ccc(C)cc4)c4cccc(P)c4)c4c(oc5ccccc54)c2C32c3ccccc3-c3ccccc32)cc1. The first-order valence-corrected chi connectivity index (χ1v) is 23.7. The van der Waals surface area contributed by atoms with Crippen molar-refractivity contribution in [3.05, 3.63) is 240 Å². The lowest BCUT2D eigenvalue weighted by Gasteiger charge is -2.33. The molecule has 1 aromatic heterocycles. The van der Waals surface area contributed by atoms with Gasteiger partial charge in [0, 0.05) is 39.1 Å². The van der Waals surface area contributed by atoms with Gasteiger partial charge in [-0.1, -0.05) is 151 Å². The minimum Gasteiger partial charge on any atom is -0.456 e. The molecule has 1 spiro atoms. The highest BCUT2D eigenvalue weighted by molar-refractivity contribution is 7.27. The van der Waals surface area contributed by atoms with Crippen LogP contribution in [0.25, 0.3) is 55.0 Å². The molecule has 0 saturated carbocycles. The molecule has 10 aromatic carbocycles. The molecule has 66 heavy (non-hydrogen) atoms. The molecule has 3 nitrogen and oxygen atoms in total. The van der Waals surface area contributed by atoms with Crippen LogP contribution in [0.2, 0.25) is 0 Å².